The molecule has 1 aliphatic rings. The molecular weight excluding hydrogens is 422 g/mol. The predicted octanol–water partition coefficient (Wildman–Crippen LogP) is 6.09. The lowest BCUT2D eigenvalue weighted by Crippen LogP contribution is -2.52. The van der Waals surface area contributed by atoms with Crippen molar-refractivity contribution in [3.8, 4) is 11.1 Å². The maximum absolute atomic E-state index is 13.6. The molecule has 0 aliphatic carbocycles. The number of rotatable bonds is 6. The van der Waals surface area contributed by atoms with E-state index in [1.807, 2.05) is 45.2 Å². The first kappa shape index (κ1) is 24.1. The van der Waals surface area contributed by atoms with Gasteiger partial charge in [-0.05, 0) is 62.3 Å². The second kappa shape index (κ2) is 9.67. The van der Waals surface area contributed by atoms with Crippen molar-refractivity contribution in [1.82, 2.24) is 15.3 Å². The van der Waals surface area contributed by atoms with Gasteiger partial charge in [0.15, 0.2) is 0 Å². The van der Waals surface area contributed by atoms with E-state index in [1.165, 1.54) is 5.56 Å². The zero-order chi connectivity index (χ0) is 24.3. The molecule has 1 aromatic heterocycles. The number of ether oxygens (including phenoxy) is 1. The van der Waals surface area contributed by atoms with E-state index in [-0.39, 0.29) is 17.9 Å². The fourth-order valence-electron chi connectivity index (χ4n) is 5.03. The van der Waals surface area contributed by atoms with Gasteiger partial charge in [0.1, 0.15) is 11.1 Å². The van der Waals surface area contributed by atoms with Crippen LogP contribution >= 0.6 is 0 Å². The lowest BCUT2D eigenvalue weighted by molar-refractivity contribution is -0.163. The number of nitrogens with one attached hydrogen (secondary N) is 1. The molecule has 0 spiro atoms. The summed E-state index contributed by atoms with van der Waals surface area (Å²) in [6.07, 6.45) is 6.53. The Bertz CT molecular complexity index is 1110. The van der Waals surface area contributed by atoms with E-state index in [0.29, 0.717) is 18.8 Å². The van der Waals surface area contributed by atoms with Gasteiger partial charge in [0.05, 0.1) is 5.69 Å². The van der Waals surface area contributed by atoms with Gasteiger partial charge in [-0.15, -0.1) is 0 Å². The Hall–Kier alpha value is -3.05. The monoisotopic (exact) mass is 457 g/mol. The fourth-order valence-corrected chi connectivity index (χ4v) is 5.03. The molecule has 0 saturated carbocycles. The normalized spacial score (nSPS) is 22.6. The highest BCUT2D eigenvalue weighted by molar-refractivity contribution is 5.82. The third kappa shape index (κ3) is 5.36. The number of nitrogens with zero attached hydrogens (tertiary/aromatic N) is 2. The van der Waals surface area contributed by atoms with Crippen LogP contribution in [-0.2, 0) is 9.53 Å². The van der Waals surface area contributed by atoms with Crippen molar-refractivity contribution >= 4 is 5.97 Å². The van der Waals surface area contributed by atoms with Crippen LogP contribution < -0.4 is 5.32 Å². The van der Waals surface area contributed by atoms with Gasteiger partial charge in [-0.1, -0.05) is 62.4 Å². The molecule has 2 heterocycles. The van der Waals surface area contributed by atoms with Crippen LogP contribution in [-0.4, -0.2) is 27.1 Å². The summed E-state index contributed by atoms with van der Waals surface area (Å²) >= 11 is 0. The van der Waals surface area contributed by atoms with Gasteiger partial charge in [-0.3, -0.25) is 20.1 Å². The first-order chi connectivity index (χ1) is 16.2. The highest BCUT2D eigenvalue weighted by Crippen LogP contribution is 2.47. The Morgan fingerprint density at radius 2 is 1.82 bits per heavy atom. The molecule has 4 rings (SSSR count). The molecule has 34 heavy (non-hydrogen) atoms. The lowest BCUT2D eigenvalue weighted by atomic mass is 9.82. The van der Waals surface area contributed by atoms with E-state index in [1.54, 1.807) is 12.4 Å². The van der Waals surface area contributed by atoms with E-state index in [4.69, 9.17) is 4.74 Å². The molecule has 178 valence electrons. The molecule has 0 unspecified atom stereocenters. The van der Waals surface area contributed by atoms with Crippen LogP contribution in [0.15, 0.2) is 73.2 Å². The third-order valence-corrected chi connectivity index (χ3v) is 6.26. The highest BCUT2D eigenvalue weighted by Gasteiger charge is 2.53. The van der Waals surface area contributed by atoms with Gasteiger partial charge < -0.3 is 4.74 Å². The molecule has 1 aliphatic heterocycles. The van der Waals surface area contributed by atoms with Crippen molar-refractivity contribution in [2.45, 2.75) is 70.6 Å². The Kier molecular flexibility index (Phi) is 6.85. The van der Waals surface area contributed by atoms with Crippen LogP contribution in [0, 0.1) is 5.92 Å². The van der Waals surface area contributed by atoms with Crippen molar-refractivity contribution < 1.29 is 9.53 Å². The van der Waals surface area contributed by atoms with E-state index in [2.05, 4.69) is 65.5 Å². The molecule has 5 nitrogen and oxygen atoms in total. The van der Waals surface area contributed by atoms with Gasteiger partial charge >= 0.3 is 5.97 Å². The summed E-state index contributed by atoms with van der Waals surface area (Å²) in [6, 6.07) is 18.8. The van der Waals surface area contributed by atoms with E-state index >= 15 is 0 Å². The molecule has 0 bridgehead atoms. The van der Waals surface area contributed by atoms with Gasteiger partial charge in [0.2, 0.25) is 0 Å². The fraction of sp³-hybridized carbons (Fsp3) is 0.414. The molecule has 1 saturated heterocycles. The predicted molar refractivity (Wildman–Crippen MR) is 135 cm³/mol. The summed E-state index contributed by atoms with van der Waals surface area (Å²) in [6.45, 7) is 10.1. The van der Waals surface area contributed by atoms with Gasteiger partial charge in [-0.2, -0.15) is 0 Å². The maximum atomic E-state index is 13.6. The topological polar surface area (TPSA) is 64.1 Å². The van der Waals surface area contributed by atoms with Gasteiger partial charge in [0, 0.05) is 30.6 Å². The van der Waals surface area contributed by atoms with Crippen LogP contribution in [0.5, 0.6) is 0 Å². The van der Waals surface area contributed by atoms with Gasteiger partial charge in [-0.25, -0.2) is 0 Å². The van der Waals surface area contributed by atoms with Crippen molar-refractivity contribution in [3.05, 3.63) is 84.4 Å². The van der Waals surface area contributed by atoms with Crippen LogP contribution in [0.25, 0.3) is 11.1 Å². The second-order valence-corrected chi connectivity index (χ2v) is 10.7. The standard InChI is InChI=1S/C29H35N3O2/c1-20(2)17-29(27(33)34-28(3,4)5)18-24(25-19-30-14-15-31-25)26(32-29)23-13-9-12-22(16-23)21-10-7-6-8-11-21/h6-16,19-20,24,26,32H,17-18H2,1-5H3/t24-,26+,29+/m1/s1. The van der Waals surface area contributed by atoms with Crippen LogP contribution in [0.2, 0.25) is 0 Å². The average molecular weight is 458 g/mol. The summed E-state index contributed by atoms with van der Waals surface area (Å²) in [5.41, 5.74) is 2.98. The number of carbonyl (C=O) groups excluding carboxylic acids is 1. The largest absolute Gasteiger partial charge is 0.459 e. The van der Waals surface area contributed by atoms with E-state index in [0.717, 1.165) is 16.8 Å². The van der Waals surface area contributed by atoms with Gasteiger partial charge in [0.25, 0.3) is 0 Å². The number of hydrogen-bond acceptors (Lipinski definition) is 5. The zero-order valence-electron chi connectivity index (χ0n) is 20.8. The first-order valence-electron chi connectivity index (χ1n) is 12.1. The Labute approximate surface area is 203 Å². The molecule has 2 aromatic carbocycles. The Morgan fingerprint density at radius 3 is 2.47 bits per heavy atom. The molecular formula is C29H35N3O2. The third-order valence-electron chi connectivity index (χ3n) is 6.26. The molecule has 5 heteroatoms. The van der Waals surface area contributed by atoms with Crippen LogP contribution in [0.1, 0.15) is 70.7 Å². The summed E-state index contributed by atoms with van der Waals surface area (Å²) in [7, 11) is 0. The number of hydrogen-bond donors (Lipinski definition) is 1. The zero-order valence-corrected chi connectivity index (χ0v) is 20.8. The van der Waals surface area contributed by atoms with E-state index in [9.17, 15) is 4.79 Å². The average Bonchev–Trinajstić information content (AvgIpc) is 3.19. The number of carbonyl (C=O) groups is 1. The minimum atomic E-state index is -0.795. The van der Waals surface area contributed by atoms with E-state index < -0.39 is 11.1 Å². The molecule has 1 N–H and O–H groups in total. The quantitative estimate of drug-likeness (QED) is 0.454. The molecule has 1 fully saturated rings. The lowest BCUT2D eigenvalue weighted by Gasteiger charge is -2.33. The molecule has 3 aromatic rings. The summed E-state index contributed by atoms with van der Waals surface area (Å²) < 4.78 is 5.95. The Morgan fingerprint density at radius 1 is 1.09 bits per heavy atom. The second-order valence-electron chi connectivity index (χ2n) is 10.7. The number of benzene rings is 2. The van der Waals surface area contributed by atoms with Crippen molar-refractivity contribution in [1.29, 1.82) is 0 Å². The SMILES string of the molecule is CC(C)C[C@@]1(C(=O)OC(C)(C)C)C[C@H](c2cnccn2)[C@H](c2cccc(-c3ccccc3)c2)N1. The first-order valence-corrected chi connectivity index (χ1v) is 12.1. The van der Waals surface area contributed by atoms with Crippen molar-refractivity contribution in [3.63, 3.8) is 0 Å². The smallest absolute Gasteiger partial charge is 0.326 e. The minimum absolute atomic E-state index is 0.00834. The maximum Gasteiger partial charge on any atom is 0.326 e. The summed E-state index contributed by atoms with van der Waals surface area (Å²) in [5, 5.41) is 3.76. The van der Waals surface area contributed by atoms with Crippen LogP contribution in [0.4, 0.5) is 0 Å². The summed E-state index contributed by atoms with van der Waals surface area (Å²) in [5.74, 6) is 0.118. The van der Waals surface area contributed by atoms with Crippen molar-refractivity contribution in [2.24, 2.45) is 5.92 Å². The highest BCUT2D eigenvalue weighted by atomic mass is 16.6. The molecule has 3 atom stereocenters. The Balaban J connectivity index is 1.77. The number of aromatic nitrogens is 2. The van der Waals surface area contributed by atoms with Crippen LogP contribution in [0.3, 0.4) is 0 Å². The number of esters is 1. The molecule has 0 radical (unpaired) electrons. The minimum Gasteiger partial charge on any atom is -0.459 e. The summed E-state index contributed by atoms with van der Waals surface area (Å²) in [4.78, 5) is 22.6. The molecule has 0 amide bonds. The van der Waals surface area contributed by atoms with Crippen molar-refractivity contribution in [2.75, 3.05) is 0 Å².